The van der Waals surface area contributed by atoms with Crippen LogP contribution in [0.2, 0.25) is 10.0 Å². The fourth-order valence-corrected chi connectivity index (χ4v) is 2.41. The number of benzene rings is 1. The summed E-state index contributed by atoms with van der Waals surface area (Å²) in [6.45, 7) is 0. The van der Waals surface area contributed by atoms with E-state index in [1.807, 2.05) is 0 Å². The predicted molar refractivity (Wildman–Crippen MR) is 56.3 cm³/mol. The summed E-state index contributed by atoms with van der Waals surface area (Å²) in [5.41, 5.74) is 7.16. The molecule has 1 aliphatic rings. The Morgan fingerprint density at radius 2 is 2.14 bits per heavy atom. The van der Waals surface area contributed by atoms with Crippen LogP contribution in [0.1, 0.15) is 30.0 Å². The van der Waals surface area contributed by atoms with E-state index in [9.17, 15) is 4.39 Å². The van der Waals surface area contributed by atoms with Gasteiger partial charge in [-0.25, -0.2) is 4.39 Å². The molecule has 0 spiro atoms. The average molecular weight is 234 g/mol. The highest BCUT2D eigenvalue weighted by molar-refractivity contribution is 6.42. The van der Waals surface area contributed by atoms with Crippen molar-refractivity contribution in [3.8, 4) is 0 Å². The number of halogens is 3. The van der Waals surface area contributed by atoms with Gasteiger partial charge in [-0.3, -0.25) is 0 Å². The van der Waals surface area contributed by atoms with Crippen molar-refractivity contribution in [2.24, 2.45) is 5.73 Å². The molecule has 0 fully saturated rings. The minimum atomic E-state index is -0.332. The third-order valence-corrected chi connectivity index (χ3v) is 3.45. The van der Waals surface area contributed by atoms with Gasteiger partial charge in [0, 0.05) is 11.6 Å². The maximum absolute atomic E-state index is 13.5. The van der Waals surface area contributed by atoms with E-state index >= 15 is 0 Å². The summed E-state index contributed by atoms with van der Waals surface area (Å²) in [7, 11) is 0. The molecule has 0 aromatic heterocycles. The number of nitrogens with two attached hydrogens (primary N) is 1. The number of rotatable bonds is 0. The maximum atomic E-state index is 13.5. The predicted octanol–water partition coefficient (Wildman–Crippen LogP) is 3.47. The van der Waals surface area contributed by atoms with Crippen LogP contribution in [0, 0.1) is 5.82 Å². The first-order valence-electron chi connectivity index (χ1n) is 4.53. The summed E-state index contributed by atoms with van der Waals surface area (Å²) in [5, 5.41) is 0.732. The quantitative estimate of drug-likeness (QED) is 0.683. The lowest BCUT2D eigenvalue weighted by Crippen LogP contribution is -2.19. The largest absolute Gasteiger partial charge is 0.324 e. The molecule has 2 N–H and O–H groups in total. The molecule has 1 aromatic carbocycles. The molecule has 0 heterocycles. The fraction of sp³-hybridized carbons (Fsp3) is 0.400. The third-order valence-electron chi connectivity index (χ3n) is 2.62. The second kappa shape index (κ2) is 3.69. The summed E-state index contributed by atoms with van der Waals surface area (Å²) in [5.74, 6) is -0.332. The molecular weight excluding hydrogens is 224 g/mol. The summed E-state index contributed by atoms with van der Waals surface area (Å²) < 4.78 is 13.5. The standard InChI is InChI=1S/C10H10Cl2FN/c11-6-4-7(13)9-5(10(6)12)2-1-3-8(9)14/h4,8H,1-3,14H2. The Morgan fingerprint density at radius 1 is 1.43 bits per heavy atom. The first-order valence-corrected chi connectivity index (χ1v) is 5.28. The van der Waals surface area contributed by atoms with Crippen LogP contribution < -0.4 is 5.73 Å². The van der Waals surface area contributed by atoms with Crippen LogP contribution in [-0.4, -0.2) is 0 Å². The van der Waals surface area contributed by atoms with Gasteiger partial charge in [0.25, 0.3) is 0 Å². The zero-order valence-corrected chi connectivity index (χ0v) is 9.00. The zero-order chi connectivity index (χ0) is 10.3. The molecule has 14 heavy (non-hydrogen) atoms. The van der Waals surface area contributed by atoms with E-state index in [0.29, 0.717) is 10.6 Å². The molecule has 1 aliphatic carbocycles. The molecule has 0 amide bonds. The second-order valence-corrected chi connectivity index (χ2v) is 4.33. The van der Waals surface area contributed by atoms with E-state index in [-0.39, 0.29) is 16.9 Å². The van der Waals surface area contributed by atoms with Crippen molar-refractivity contribution in [1.82, 2.24) is 0 Å². The van der Waals surface area contributed by atoms with Gasteiger partial charge in [-0.1, -0.05) is 23.2 Å². The number of hydrogen-bond donors (Lipinski definition) is 1. The molecule has 1 unspecified atom stereocenters. The molecule has 2 rings (SSSR count). The monoisotopic (exact) mass is 233 g/mol. The summed E-state index contributed by atoms with van der Waals surface area (Å²) in [6.07, 6.45) is 2.51. The van der Waals surface area contributed by atoms with E-state index in [4.69, 9.17) is 28.9 Å². The van der Waals surface area contributed by atoms with Gasteiger partial charge in [0.2, 0.25) is 0 Å². The van der Waals surface area contributed by atoms with Crippen LogP contribution in [-0.2, 0) is 6.42 Å². The number of fused-ring (bicyclic) bond motifs is 1. The van der Waals surface area contributed by atoms with Gasteiger partial charge in [-0.05, 0) is 30.9 Å². The minimum absolute atomic E-state index is 0.242. The lowest BCUT2D eigenvalue weighted by molar-refractivity contribution is 0.519. The topological polar surface area (TPSA) is 26.0 Å². The van der Waals surface area contributed by atoms with Crippen molar-refractivity contribution in [3.63, 3.8) is 0 Å². The normalized spacial score (nSPS) is 20.7. The van der Waals surface area contributed by atoms with Gasteiger partial charge in [0.05, 0.1) is 10.0 Å². The van der Waals surface area contributed by atoms with Gasteiger partial charge in [0.1, 0.15) is 5.82 Å². The van der Waals surface area contributed by atoms with Gasteiger partial charge in [-0.2, -0.15) is 0 Å². The molecule has 76 valence electrons. The van der Waals surface area contributed by atoms with Crippen molar-refractivity contribution in [2.45, 2.75) is 25.3 Å². The van der Waals surface area contributed by atoms with E-state index in [1.165, 1.54) is 6.07 Å². The molecule has 1 atom stereocenters. The molecule has 0 saturated heterocycles. The first kappa shape index (κ1) is 10.2. The van der Waals surface area contributed by atoms with E-state index < -0.39 is 0 Å². The Bertz CT molecular complexity index is 379. The SMILES string of the molecule is NC1CCCc2c(Cl)c(Cl)cc(F)c21. The highest BCUT2D eigenvalue weighted by atomic mass is 35.5. The van der Waals surface area contributed by atoms with Crippen LogP contribution in [0.15, 0.2) is 6.07 Å². The van der Waals surface area contributed by atoms with E-state index in [0.717, 1.165) is 24.8 Å². The van der Waals surface area contributed by atoms with Gasteiger partial charge >= 0.3 is 0 Å². The highest BCUT2D eigenvalue weighted by Gasteiger charge is 2.24. The molecule has 4 heteroatoms. The first-order chi connectivity index (χ1) is 6.61. The molecule has 0 radical (unpaired) electrons. The maximum Gasteiger partial charge on any atom is 0.129 e. The van der Waals surface area contributed by atoms with Crippen LogP contribution >= 0.6 is 23.2 Å². The molecule has 0 aliphatic heterocycles. The van der Waals surface area contributed by atoms with Gasteiger partial charge in [-0.15, -0.1) is 0 Å². The Morgan fingerprint density at radius 3 is 2.86 bits per heavy atom. The lowest BCUT2D eigenvalue weighted by Gasteiger charge is -2.24. The Hall–Kier alpha value is -0.310. The van der Waals surface area contributed by atoms with Gasteiger partial charge < -0.3 is 5.73 Å². The van der Waals surface area contributed by atoms with Crippen LogP contribution in [0.4, 0.5) is 4.39 Å². The van der Waals surface area contributed by atoms with Gasteiger partial charge in [0.15, 0.2) is 0 Å². The van der Waals surface area contributed by atoms with Crippen molar-refractivity contribution in [1.29, 1.82) is 0 Å². The summed E-state index contributed by atoms with van der Waals surface area (Å²) in [6, 6.07) is 1.00. The van der Waals surface area contributed by atoms with Crippen molar-refractivity contribution < 1.29 is 4.39 Å². The number of hydrogen-bond acceptors (Lipinski definition) is 1. The fourth-order valence-electron chi connectivity index (χ4n) is 1.95. The molecule has 0 saturated carbocycles. The van der Waals surface area contributed by atoms with E-state index in [1.54, 1.807) is 0 Å². The van der Waals surface area contributed by atoms with Crippen molar-refractivity contribution in [2.75, 3.05) is 0 Å². The summed E-state index contributed by atoms with van der Waals surface area (Å²) in [4.78, 5) is 0. The molecular formula is C10H10Cl2FN. The Kier molecular flexibility index (Phi) is 2.69. The lowest BCUT2D eigenvalue weighted by atomic mass is 9.88. The zero-order valence-electron chi connectivity index (χ0n) is 7.49. The Labute approximate surface area is 92.0 Å². The van der Waals surface area contributed by atoms with E-state index in [2.05, 4.69) is 0 Å². The molecule has 1 aromatic rings. The minimum Gasteiger partial charge on any atom is -0.324 e. The third kappa shape index (κ3) is 1.52. The average Bonchev–Trinajstić information content (AvgIpc) is 2.14. The second-order valence-electron chi connectivity index (χ2n) is 3.55. The highest BCUT2D eigenvalue weighted by Crippen LogP contribution is 2.38. The Balaban J connectivity index is 2.66. The smallest absolute Gasteiger partial charge is 0.129 e. The van der Waals surface area contributed by atoms with Crippen molar-refractivity contribution >= 4 is 23.2 Å². The summed E-state index contributed by atoms with van der Waals surface area (Å²) >= 11 is 11.8. The molecule has 1 nitrogen and oxygen atoms in total. The van der Waals surface area contributed by atoms with Crippen LogP contribution in [0.3, 0.4) is 0 Å². The van der Waals surface area contributed by atoms with Crippen molar-refractivity contribution in [3.05, 3.63) is 33.1 Å². The molecule has 0 bridgehead atoms. The van der Waals surface area contributed by atoms with Crippen LogP contribution in [0.25, 0.3) is 0 Å². The van der Waals surface area contributed by atoms with Crippen LogP contribution in [0.5, 0.6) is 0 Å².